The van der Waals surface area contributed by atoms with Crippen LogP contribution in [0.4, 0.5) is 0 Å². The lowest BCUT2D eigenvalue weighted by Gasteiger charge is -2.23. The summed E-state index contributed by atoms with van der Waals surface area (Å²) in [5, 5.41) is 7.42. The number of nitrogens with one attached hydrogen (secondary N) is 3. The molecule has 1 fully saturated rings. The summed E-state index contributed by atoms with van der Waals surface area (Å²) in [4.78, 5) is 33.9. The molecule has 1 saturated heterocycles. The van der Waals surface area contributed by atoms with Gasteiger partial charge in [0.25, 0.3) is 5.91 Å². The molecule has 1 aliphatic rings. The van der Waals surface area contributed by atoms with Crippen LogP contribution in [0.2, 0.25) is 0 Å². The van der Waals surface area contributed by atoms with Gasteiger partial charge in [-0.3, -0.25) is 25.0 Å². The van der Waals surface area contributed by atoms with E-state index in [1.165, 1.54) is 19.3 Å². The molecule has 0 radical (unpaired) electrons. The van der Waals surface area contributed by atoms with Crippen molar-refractivity contribution >= 4 is 17.7 Å². The van der Waals surface area contributed by atoms with Gasteiger partial charge in [0.15, 0.2) is 6.17 Å². The van der Waals surface area contributed by atoms with Crippen LogP contribution in [0.1, 0.15) is 51.9 Å². The quantitative estimate of drug-likeness (QED) is 0.440. The van der Waals surface area contributed by atoms with Crippen LogP contribution in [0.5, 0.6) is 0 Å². The Kier molecular flexibility index (Phi) is 7.10. The van der Waals surface area contributed by atoms with Gasteiger partial charge < -0.3 is 5.32 Å². The predicted molar refractivity (Wildman–Crippen MR) is 71.1 cm³/mol. The van der Waals surface area contributed by atoms with Crippen LogP contribution < -0.4 is 16.0 Å². The SMILES string of the molecule is CCCCCCCCC(=O)N[C@@H]1NCC(=O)NC1=O. The lowest BCUT2D eigenvalue weighted by Crippen LogP contribution is -2.62. The van der Waals surface area contributed by atoms with E-state index < -0.39 is 12.1 Å². The number of carbonyl (C=O) groups is 3. The van der Waals surface area contributed by atoms with Crippen molar-refractivity contribution in [3.63, 3.8) is 0 Å². The standard InChI is InChI=1S/C13H23N3O3/c1-2-3-4-5-6-7-8-10(17)15-12-13(19)16-11(18)9-14-12/h12,14H,2-9H2,1H3,(H,15,17)(H,16,18,19)/t12-/m0/s1. The highest BCUT2D eigenvalue weighted by molar-refractivity contribution is 6.02. The molecule has 0 bridgehead atoms. The third-order valence-corrected chi connectivity index (χ3v) is 3.05. The fraction of sp³-hybridized carbons (Fsp3) is 0.769. The topological polar surface area (TPSA) is 87.3 Å². The van der Waals surface area contributed by atoms with Gasteiger partial charge in [-0.15, -0.1) is 0 Å². The second-order valence-electron chi connectivity index (χ2n) is 4.81. The molecular weight excluding hydrogens is 246 g/mol. The van der Waals surface area contributed by atoms with E-state index in [-0.39, 0.29) is 18.4 Å². The zero-order valence-electron chi connectivity index (χ0n) is 11.5. The fourth-order valence-corrected chi connectivity index (χ4v) is 1.96. The van der Waals surface area contributed by atoms with Gasteiger partial charge in [0, 0.05) is 6.42 Å². The maximum atomic E-state index is 11.6. The highest BCUT2D eigenvalue weighted by Gasteiger charge is 2.26. The van der Waals surface area contributed by atoms with E-state index in [9.17, 15) is 14.4 Å². The molecule has 6 nitrogen and oxygen atoms in total. The van der Waals surface area contributed by atoms with Crippen LogP contribution in [-0.4, -0.2) is 30.4 Å². The second-order valence-corrected chi connectivity index (χ2v) is 4.81. The molecule has 3 amide bonds. The number of imide groups is 1. The maximum Gasteiger partial charge on any atom is 0.264 e. The lowest BCUT2D eigenvalue weighted by atomic mass is 10.1. The molecule has 6 heteroatoms. The average molecular weight is 269 g/mol. The third kappa shape index (κ3) is 6.33. The molecule has 108 valence electrons. The maximum absolute atomic E-state index is 11.6. The van der Waals surface area contributed by atoms with Gasteiger partial charge in [0.1, 0.15) is 0 Å². The van der Waals surface area contributed by atoms with Crippen molar-refractivity contribution in [2.24, 2.45) is 0 Å². The fourth-order valence-electron chi connectivity index (χ4n) is 1.96. The number of unbranched alkanes of at least 4 members (excludes halogenated alkanes) is 5. The minimum Gasteiger partial charge on any atom is -0.332 e. The number of carbonyl (C=O) groups excluding carboxylic acids is 3. The summed E-state index contributed by atoms with van der Waals surface area (Å²) in [6, 6.07) is 0. The third-order valence-electron chi connectivity index (χ3n) is 3.05. The van der Waals surface area contributed by atoms with E-state index in [2.05, 4.69) is 22.9 Å². The van der Waals surface area contributed by atoms with Crippen molar-refractivity contribution in [3.8, 4) is 0 Å². The Morgan fingerprint density at radius 2 is 1.89 bits per heavy atom. The first-order valence-electron chi connectivity index (χ1n) is 7.00. The first kappa shape index (κ1) is 15.6. The van der Waals surface area contributed by atoms with Crippen LogP contribution >= 0.6 is 0 Å². The molecule has 1 atom stereocenters. The van der Waals surface area contributed by atoms with E-state index in [4.69, 9.17) is 0 Å². The van der Waals surface area contributed by atoms with E-state index in [1.807, 2.05) is 0 Å². The summed E-state index contributed by atoms with van der Waals surface area (Å²) in [7, 11) is 0. The molecule has 0 unspecified atom stereocenters. The van der Waals surface area contributed by atoms with Crippen molar-refractivity contribution in [1.29, 1.82) is 0 Å². The van der Waals surface area contributed by atoms with Gasteiger partial charge in [-0.05, 0) is 6.42 Å². The van der Waals surface area contributed by atoms with E-state index in [0.717, 1.165) is 19.3 Å². The predicted octanol–water partition coefficient (Wildman–Crippen LogP) is 0.425. The molecule has 1 aliphatic heterocycles. The van der Waals surface area contributed by atoms with Gasteiger partial charge in [0.05, 0.1) is 6.54 Å². The monoisotopic (exact) mass is 269 g/mol. The van der Waals surface area contributed by atoms with Gasteiger partial charge in [0.2, 0.25) is 11.8 Å². The molecule has 0 aromatic heterocycles. The Morgan fingerprint density at radius 1 is 1.21 bits per heavy atom. The number of piperazine rings is 1. The van der Waals surface area contributed by atoms with E-state index in [1.54, 1.807) is 0 Å². The van der Waals surface area contributed by atoms with Gasteiger partial charge in [-0.1, -0.05) is 39.0 Å². The normalized spacial score (nSPS) is 19.1. The lowest BCUT2D eigenvalue weighted by molar-refractivity contribution is -0.137. The Bertz CT molecular complexity index is 331. The van der Waals surface area contributed by atoms with Crippen LogP contribution in [0.25, 0.3) is 0 Å². The summed E-state index contributed by atoms with van der Waals surface area (Å²) in [5.74, 6) is -1.02. The minimum absolute atomic E-state index is 0.0493. The molecule has 1 rings (SSSR count). The Morgan fingerprint density at radius 3 is 2.58 bits per heavy atom. The van der Waals surface area contributed by atoms with Crippen LogP contribution in [0, 0.1) is 0 Å². The molecule has 1 heterocycles. The molecule has 0 spiro atoms. The van der Waals surface area contributed by atoms with E-state index in [0.29, 0.717) is 6.42 Å². The van der Waals surface area contributed by atoms with Crippen molar-refractivity contribution in [1.82, 2.24) is 16.0 Å². The molecule has 3 N–H and O–H groups in total. The zero-order valence-corrected chi connectivity index (χ0v) is 11.5. The smallest absolute Gasteiger partial charge is 0.264 e. The second kappa shape index (κ2) is 8.63. The first-order valence-corrected chi connectivity index (χ1v) is 7.00. The summed E-state index contributed by atoms with van der Waals surface area (Å²) in [6.45, 7) is 2.22. The van der Waals surface area contributed by atoms with Gasteiger partial charge in [-0.25, -0.2) is 0 Å². The van der Waals surface area contributed by atoms with Crippen molar-refractivity contribution in [2.45, 2.75) is 58.0 Å². The van der Waals surface area contributed by atoms with Crippen molar-refractivity contribution in [3.05, 3.63) is 0 Å². The van der Waals surface area contributed by atoms with Gasteiger partial charge in [-0.2, -0.15) is 0 Å². The molecular formula is C13H23N3O3. The van der Waals surface area contributed by atoms with Crippen molar-refractivity contribution in [2.75, 3.05) is 6.54 Å². The molecule has 0 aliphatic carbocycles. The summed E-state index contributed by atoms with van der Waals surface area (Å²) >= 11 is 0. The van der Waals surface area contributed by atoms with Crippen LogP contribution in [0.3, 0.4) is 0 Å². The number of amides is 3. The summed E-state index contributed by atoms with van der Waals surface area (Å²) in [6.07, 6.45) is 6.33. The van der Waals surface area contributed by atoms with Crippen LogP contribution in [-0.2, 0) is 14.4 Å². The summed E-state index contributed by atoms with van der Waals surface area (Å²) < 4.78 is 0. The first-order chi connectivity index (χ1) is 9.13. The number of hydrogen-bond acceptors (Lipinski definition) is 4. The molecule has 0 aromatic rings. The zero-order chi connectivity index (χ0) is 14.1. The Hall–Kier alpha value is -1.43. The Labute approximate surface area is 113 Å². The van der Waals surface area contributed by atoms with E-state index >= 15 is 0 Å². The average Bonchev–Trinajstić information content (AvgIpc) is 2.37. The number of hydrogen-bond donors (Lipinski definition) is 3. The minimum atomic E-state index is -0.787. The highest BCUT2D eigenvalue weighted by Crippen LogP contribution is 2.06. The highest BCUT2D eigenvalue weighted by atomic mass is 16.2. The molecule has 0 aromatic carbocycles. The molecule has 19 heavy (non-hydrogen) atoms. The summed E-state index contributed by atoms with van der Waals surface area (Å²) in [5.41, 5.74) is 0. The molecule has 0 saturated carbocycles. The Balaban J connectivity index is 2.10. The number of rotatable bonds is 8. The van der Waals surface area contributed by atoms with Crippen molar-refractivity contribution < 1.29 is 14.4 Å². The largest absolute Gasteiger partial charge is 0.332 e. The van der Waals surface area contributed by atoms with Gasteiger partial charge >= 0.3 is 0 Å². The van der Waals surface area contributed by atoms with Crippen LogP contribution in [0.15, 0.2) is 0 Å².